The maximum Gasteiger partial charge on any atom is 0.331 e. The van der Waals surface area contributed by atoms with Crippen molar-refractivity contribution >= 4 is 28.7 Å². The average Bonchev–Trinajstić information content (AvgIpc) is 2.65. The summed E-state index contributed by atoms with van der Waals surface area (Å²) >= 11 is 1.37. The minimum Gasteiger partial charge on any atom is -0.468 e. The van der Waals surface area contributed by atoms with Gasteiger partial charge in [0.15, 0.2) is 6.04 Å². The topological polar surface area (TPSA) is 65.0 Å². The van der Waals surface area contributed by atoms with Gasteiger partial charge in [0, 0.05) is 5.92 Å². The number of carbonyl (C=O) groups is 2. The Hall–Kier alpha value is -1.04. The van der Waals surface area contributed by atoms with E-state index >= 15 is 0 Å². The van der Waals surface area contributed by atoms with Crippen LogP contribution in [0.5, 0.6) is 0 Å². The molecule has 0 fully saturated rings. The fraction of sp³-hybridized carbons (Fsp3) is 0.727. The van der Waals surface area contributed by atoms with Gasteiger partial charge in [-0.1, -0.05) is 6.92 Å². The summed E-state index contributed by atoms with van der Waals surface area (Å²) in [6.45, 7) is 3.87. The van der Waals surface area contributed by atoms with Crippen LogP contribution >= 0.6 is 11.8 Å². The lowest BCUT2D eigenvalue weighted by Gasteiger charge is -2.17. The van der Waals surface area contributed by atoms with Gasteiger partial charge in [0.05, 0.1) is 18.8 Å². The van der Waals surface area contributed by atoms with Crippen LogP contribution in [0.15, 0.2) is 4.99 Å². The first kappa shape index (κ1) is 14.0. The first-order valence-corrected chi connectivity index (χ1v) is 6.65. The second-order valence-electron chi connectivity index (χ2n) is 3.73. The van der Waals surface area contributed by atoms with Crippen molar-refractivity contribution < 1.29 is 19.1 Å². The lowest BCUT2D eigenvalue weighted by Crippen LogP contribution is -2.33. The molecule has 1 heterocycles. The molecule has 3 atom stereocenters. The summed E-state index contributed by atoms with van der Waals surface area (Å²) in [6.07, 6.45) is 1.83. The van der Waals surface area contributed by atoms with E-state index in [-0.39, 0.29) is 17.9 Å². The van der Waals surface area contributed by atoms with E-state index in [0.717, 1.165) is 0 Å². The van der Waals surface area contributed by atoms with E-state index in [9.17, 15) is 9.59 Å². The van der Waals surface area contributed by atoms with Crippen molar-refractivity contribution in [1.29, 1.82) is 0 Å². The number of hydrogen-bond acceptors (Lipinski definition) is 6. The first-order valence-electron chi connectivity index (χ1n) is 5.42. The Bertz CT molecular complexity index is 342. The Morgan fingerprint density at radius 1 is 1.41 bits per heavy atom. The molecule has 0 saturated heterocycles. The van der Waals surface area contributed by atoms with Crippen molar-refractivity contribution in [3.63, 3.8) is 0 Å². The van der Waals surface area contributed by atoms with E-state index < -0.39 is 12.0 Å². The monoisotopic (exact) mass is 259 g/mol. The summed E-state index contributed by atoms with van der Waals surface area (Å²) < 4.78 is 9.68. The Kier molecular flexibility index (Phi) is 4.99. The molecule has 1 rings (SSSR count). The van der Waals surface area contributed by atoms with Gasteiger partial charge in [0.25, 0.3) is 0 Å². The molecule has 1 aliphatic rings. The van der Waals surface area contributed by atoms with Crippen LogP contribution in [0, 0.1) is 11.8 Å². The predicted octanol–water partition coefficient (Wildman–Crippen LogP) is 1.12. The number of nitrogens with zero attached hydrogens (tertiary/aromatic N) is 1. The van der Waals surface area contributed by atoms with Gasteiger partial charge in [-0.05, 0) is 13.2 Å². The molecule has 5 nitrogen and oxygen atoms in total. The quantitative estimate of drug-likeness (QED) is 0.711. The van der Waals surface area contributed by atoms with Crippen LogP contribution in [0.2, 0.25) is 0 Å². The van der Waals surface area contributed by atoms with Crippen molar-refractivity contribution in [2.45, 2.75) is 19.9 Å². The Morgan fingerprint density at radius 2 is 2.06 bits per heavy atom. The highest BCUT2D eigenvalue weighted by molar-refractivity contribution is 8.13. The van der Waals surface area contributed by atoms with Crippen LogP contribution in [0.3, 0.4) is 0 Å². The molecule has 0 aliphatic carbocycles. The molecule has 0 radical (unpaired) electrons. The van der Waals surface area contributed by atoms with E-state index in [0.29, 0.717) is 11.7 Å². The van der Waals surface area contributed by atoms with Gasteiger partial charge in [0.1, 0.15) is 5.92 Å². The van der Waals surface area contributed by atoms with Gasteiger partial charge in [-0.2, -0.15) is 0 Å². The van der Waals surface area contributed by atoms with Gasteiger partial charge < -0.3 is 9.47 Å². The fourth-order valence-electron chi connectivity index (χ4n) is 1.86. The third-order valence-electron chi connectivity index (χ3n) is 2.75. The van der Waals surface area contributed by atoms with Crippen LogP contribution in [0.1, 0.15) is 13.8 Å². The van der Waals surface area contributed by atoms with Gasteiger partial charge in [-0.3, -0.25) is 9.79 Å². The molecule has 0 N–H and O–H groups in total. The number of carbonyl (C=O) groups excluding carboxylic acids is 2. The van der Waals surface area contributed by atoms with E-state index in [1.807, 2.05) is 13.2 Å². The molecule has 0 aromatic carbocycles. The number of hydrogen-bond donors (Lipinski definition) is 0. The molecule has 6 heteroatoms. The second kappa shape index (κ2) is 6.05. The minimum atomic E-state index is -0.596. The Labute approximate surface area is 105 Å². The summed E-state index contributed by atoms with van der Waals surface area (Å²) in [6, 6.07) is -0.596. The van der Waals surface area contributed by atoms with E-state index in [2.05, 4.69) is 4.99 Å². The Balaban J connectivity index is 2.89. The van der Waals surface area contributed by atoms with Gasteiger partial charge >= 0.3 is 11.9 Å². The molecule has 0 amide bonds. The Morgan fingerprint density at radius 3 is 2.53 bits per heavy atom. The molecule has 3 unspecified atom stereocenters. The normalized spacial score (nSPS) is 27.5. The second-order valence-corrected chi connectivity index (χ2v) is 4.55. The zero-order valence-electron chi connectivity index (χ0n) is 10.4. The number of rotatable bonds is 3. The molecular formula is C11H17NO4S. The molecule has 0 bridgehead atoms. The summed E-state index contributed by atoms with van der Waals surface area (Å²) in [5, 5.41) is 0.641. The van der Waals surface area contributed by atoms with Crippen molar-refractivity contribution in [3.05, 3.63) is 0 Å². The molecule has 17 heavy (non-hydrogen) atoms. The van der Waals surface area contributed by atoms with Crippen molar-refractivity contribution in [2.24, 2.45) is 16.8 Å². The first-order chi connectivity index (χ1) is 8.06. The lowest BCUT2D eigenvalue weighted by atomic mass is 9.92. The molecule has 96 valence electrons. The summed E-state index contributed by atoms with van der Waals surface area (Å²) in [7, 11) is 1.34. The summed E-state index contributed by atoms with van der Waals surface area (Å²) in [4.78, 5) is 27.6. The third-order valence-corrected chi connectivity index (χ3v) is 3.53. The van der Waals surface area contributed by atoms with E-state index in [1.54, 1.807) is 6.92 Å². The van der Waals surface area contributed by atoms with E-state index in [1.165, 1.54) is 18.9 Å². The summed E-state index contributed by atoms with van der Waals surface area (Å²) in [5.41, 5.74) is 0. The smallest absolute Gasteiger partial charge is 0.331 e. The van der Waals surface area contributed by atoms with Crippen LogP contribution in [0.25, 0.3) is 0 Å². The number of aliphatic imine (C=N–C) groups is 1. The van der Waals surface area contributed by atoms with Crippen LogP contribution < -0.4 is 0 Å². The van der Waals surface area contributed by atoms with Crippen molar-refractivity contribution in [2.75, 3.05) is 20.0 Å². The molecule has 0 saturated carbocycles. The highest BCUT2D eigenvalue weighted by Gasteiger charge is 2.44. The molecular weight excluding hydrogens is 242 g/mol. The maximum absolute atomic E-state index is 11.7. The zero-order valence-corrected chi connectivity index (χ0v) is 11.2. The van der Waals surface area contributed by atoms with Gasteiger partial charge in [-0.25, -0.2) is 4.79 Å². The number of thioether (sulfide) groups is 1. The van der Waals surface area contributed by atoms with Gasteiger partial charge in [0.2, 0.25) is 0 Å². The standard InChI is InChI=1S/C11H17NO4S/c1-5-16-11(14)8-6(2)7(10(13)15-3)9(12-8)17-4/h6-8H,5H2,1-4H3. The van der Waals surface area contributed by atoms with Crippen LogP contribution in [-0.4, -0.2) is 43.0 Å². The van der Waals surface area contributed by atoms with Gasteiger partial charge in [-0.15, -0.1) is 11.8 Å². The number of methoxy groups -OCH3 is 1. The molecule has 1 aliphatic heterocycles. The lowest BCUT2D eigenvalue weighted by molar-refractivity contribution is -0.147. The van der Waals surface area contributed by atoms with E-state index in [4.69, 9.17) is 9.47 Å². The highest BCUT2D eigenvalue weighted by atomic mass is 32.2. The SMILES string of the molecule is CCOC(=O)C1N=C(SC)C(C(=O)OC)C1C. The molecule has 0 aromatic heterocycles. The molecule has 0 aromatic rings. The minimum absolute atomic E-state index is 0.219. The highest BCUT2D eigenvalue weighted by Crippen LogP contribution is 2.33. The van der Waals surface area contributed by atoms with Crippen molar-refractivity contribution in [3.8, 4) is 0 Å². The fourth-order valence-corrected chi connectivity index (χ4v) is 2.64. The average molecular weight is 259 g/mol. The largest absolute Gasteiger partial charge is 0.468 e. The predicted molar refractivity (Wildman–Crippen MR) is 66.0 cm³/mol. The third kappa shape index (κ3) is 2.80. The number of esters is 2. The summed E-state index contributed by atoms with van der Waals surface area (Å²) in [5.74, 6) is -1.40. The van der Waals surface area contributed by atoms with Crippen LogP contribution in [-0.2, 0) is 19.1 Å². The zero-order chi connectivity index (χ0) is 13.0. The van der Waals surface area contributed by atoms with Crippen molar-refractivity contribution in [1.82, 2.24) is 0 Å². The van der Waals surface area contributed by atoms with Crippen LogP contribution in [0.4, 0.5) is 0 Å². The number of ether oxygens (including phenoxy) is 2. The molecule has 0 spiro atoms. The maximum atomic E-state index is 11.7.